The zero-order chi connectivity index (χ0) is 26.4. The molecule has 1 aliphatic rings. The van der Waals surface area contributed by atoms with Crippen molar-refractivity contribution >= 4 is 29.8 Å². The molecule has 3 amide bonds. The number of methoxy groups -OCH3 is 1. The van der Waals surface area contributed by atoms with Crippen LogP contribution in [0.1, 0.15) is 42.4 Å². The molecule has 0 spiro atoms. The van der Waals surface area contributed by atoms with E-state index in [1.165, 1.54) is 7.11 Å². The van der Waals surface area contributed by atoms with Crippen molar-refractivity contribution in [2.75, 3.05) is 20.3 Å². The molecule has 11 heteroatoms. The minimum absolute atomic E-state index is 0.204. The third-order valence-corrected chi connectivity index (χ3v) is 5.99. The third-order valence-electron chi connectivity index (χ3n) is 5.99. The fourth-order valence-electron chi connectivity index (χ4n) is 3.90. The van der Waals surface area contributed by atoms with Crippen LogP contribution in [0.3, 0.4) is 0 Å². The Labute approximate surface area is 209 Å². The fraction of sp³-hybridized carbons (Fsp3) is 0.400. The van der Waals surface area contributed by atoms with Gasteiger partial charge in [0.25, 0.3) is 5.91 Å². The van der Waals surface area contributed by atoms with Crippen LogP contribution in [0.5, 0.6) is 11.5 Å². The van der Waals surface area contributed by atoms with E-state index < -0.39 is 29.9 Å². The monoisotopic (exact) mass is 497 g/mol. The lowest BCUT2D eigenvalue weighted by Crippen LogP contribution is -2.44. The molecule has 11 nitrogen and oxygen atoms in total. The molecule has 192 valence electrons. The van der Waals surface area contributed by atoms with Crippen molar-refractivity contribution in [2.45, 2.75) is 33.7 Å². The van der Waals surface area contributed by atoms with Crippen LogP contribution in [0.25, 0.3) is 0 Å². The molecule has 1 aromatic carbocycles. The van der Waals surface area contributed by atoms with Gasteiger partial charge < -0.3 is 24.1 Å². The average Bonchev–Trinajstić information content (AvgIpc) is 3.08. The normalized spacial score (nSPS) is 17.4. The summed E-state index contributed by atoms with van der Waals surface area (Å²) >= 11 is 0. The van der Waals surface area contributed by atoms with Crippen molar-refractivity contribution in [3.05, 3.63) is 46.8 Å². The van der Waals surface area contributed by atoms with Gasteiger partial charge in [-0.05, 0) is 51.5 Å². The van der Waals surface area contributed by atoms with Crippen LogP contribution >= 0.6 is 0 Å². The molecule has 2 unspecified atom stereocenters. The quantitative estimate of drug-likeness (QED) is 0.311. The Balaban J connectivity index is 1.68. The number of hydrazone groups is 1. The summed E-state index contributed by atoms with van der Waals surface area (Å²) in [6.45, 7) is 7.19. The highest BCUT2D eigenvalue weighted by atomic mass is 16.5. The Morgan fingerprint density at radius 3 is 2.61 bits per heavy atom. The molecule has 2 N–H and O–H groups in total. The van der Waals surface area contributed by atoms with Crippen LogP contribution in [0.2, 0.25) is 0 Å². The van der Waals surface area contributed by atoms with E-state index in [9.17, 15) is 14.4 Å². The number of ether oxygens (including phenoxy) is 3. The van der Waals surface area contributed by atoms with Gasteiger partial charge in [0.1, 0.15) is 5.92 Å². The smallest absolute Gasteiger partial charge is 0.341 e. The highest BCUT2D eigenvalue weighted by molar-refractivity contribution is 6.08. The second-order valence-electron chi connectivity index (χ2n) is 8.29. The lowest BCUT2D eigenvalue weighted by atomic mass is 9.88. The summed E-state index contributed by atoms with van der Waals surface area (Å²) in [6, 6.07) is 5.67. The largest absolute Gasteiger partial charge is 0.493 e. The number of nitrogens with zero attached hydrogens (tertiary/aromatic N) is 3. The van der Waals surface area contributed by atoms with Crippen molar-refractivity contribution < 1.29 is 28.6 Å². The number of urea groups is 1. The molecule has 36 heavy (non-hydrogen) atoms. The highest BCUT2D eigenvalue weighted by Crippen LogP contribution is 2.34. The number of carbonyl (C=O) groups is 3. The predicted molar refractivity (Wildman–Crippen MR) is 134 cm³/mol. The summed E-state index contributed by atoms with van der Waals surface area (Å²) in [7, 11) is 3.41. The first kappa shape index (κ1) is 26.5. The van der Waals surface area contributed by atoms with Crippen molar-refractivity contribution in [3.8, 4) is 11.5 Å². The molecule has 0 saturated carbocycles. The highest BCUT2D eigenvalue weighted by Gasteiger charge is 2.38. The average molecular weight is 498 g/mol. The maximum atomic E-state index is 12.5. The summed E-state index contributed by atoms with van der Waals surface area (Å²) in [4.78, 5) is 40.7. The first-order chi connectivity index (χ1) is 17.2. The number of aliphatic imine (C=N–C) groups is 1. The van der Waals surface area contributed by atoms with Crippen LogP contribution in [0, 0.1) is 19.8 Å². The molecule has 0 radical (unpaired) electrons. The number of esters is 1. The topological polar surface area (TPSA) is 133 Å². The second-order valence-corrected chi connectivity index (χ2v) is 8.29. The van der Waals surface area contributed by atoms with Gasteiger partial charge >= 0.3 is 12.0 Å². The zero-order valence-electron chi connectivity index (χ0n) is 21.2. The lowest BCUT2D eigenvalue weighted by molar-refractivity contribution is -0.146. The molecule has 0 saturated heterocycles. The minimum Gasteiger partial charge on any atom is -0.493 e. The molecule has 0 aliphatic carbocycles. The van der Waals surface area contributed by atoms with E-state index in [4.69, 9.17) is 14.2 Å². The summed E-state index contributed by atoms with van der Waals surface area (Å²) in [5, 5.41) is 6.71. The minimum atomic E-state index is -0.778. The Morgan fingerprint density at radius 1 is 1.22 bits per heavy atom. The molecular weight excluding hydrogens is 466 g/mol. The van der Waals surface area contributed by atoms with Gasteiger partial charge in [0.2, 0.25) is 0 Å². The molecule has 0 bridgehead atoms. The third kappa shape index (κ3) is 5.91. The summed E-state index contributed by atoms with van der Waals surface area (Å²) in [5.41, 5.74) is 6.43. The molecule has 1 aromatic heterocycles. The van der Waals surface area contributed by atoms with Crippen molar-refractivity contribution in [1.82, 2.24) is 15.3 Å². The van der Waals surface area contributed by atoms with Crippen LogP contribution in [-0.4, -0.2) is 54.7 Å². The fourth-order valence-corrected chi connectivity index (χ4v) is 3.90. The van der Waals surface area contributed by atoms with Gasteiger partial charge in [-0.2, -0.15) is 5.10 Å². The van der Waals surface area contributed by atoms with Gasteiger partial charge in [-0.15, -0.1) is 0 Å². The van der Waals surface area contributed by atoms with Crippen molar-refractivity contribution in [2.24, 2.45) is 23.1 Å². The summed E-state index contributed by atoms with van der Waals surface area (Å²) in [6.07, 6.45) is 1.58. The maximum Gasteiger partial charge on any atom is 0.341 e. The van der Waals surface area contributed by atoms with Gasteiger partial charge in [-0.1, -0.05) is 6.07 Å². The number of rotatable bonds is 9. The number of aromatic nitrogens is 1. The number of hydrogen-bond acceptors (Lipinski definition) is 7. The summed E-state index contributed by atoms with van der Waals surface area (Å²) < 4.78 is 18.2. The predicted octanol–water partition coefficient (Wildman–Crippen LogP) is 2.58. The van der Waals surface area contributed by atoms with E-state index in [-0.39, 0.29) is 13.2 Å². The van der Waals surface area contributed by atoms with E-state index in [0.29, 0.717) is 22.8 Å². The van der Waals surface area contributed by atoms with E-state index >= 15 is 0 Å². The van der Waals surface area contributed by atoms with Crippen molar-refractivity contribution in [3.63, 3.8) is 0 Å². The van der Waals surface area contributed by atoms with E-state index in [2.05, 4.69) is 20.8 Å². The molecule has 2 aromatic rings. The first-order valence-corrected chi connectivity index (χ1v) is 11.4. The van der Waals surface area contributed by atoms with Crippen LogP contribution in [0.15, 0.2) is 34.4 Å². The number of carbonyl (C=O) groups excluding carboxylic acids is 3. The van der Waals surface area contributed by atoms with Gasteiger partial charge in [0.15, 0.2) is 18.1 Å². The first-order valence-electron chi connectivity index (χ1n) is 11.4. The van der Waals surface area contributed by atoms with Gasteiger partial charge in [-0.25, -0.2) is 15.2 Å². The molecule has 1 aliphatic heterocycles. The number of hydrogen-bond donors (Lipinski definition) is 2. The molecular formula is C25H31N5O6. The second kappa shape index (κ2) is 11.5. The van der Waals surface area contributed by atoms with Gasteiger partial charge in [-0.3, -0.25) is 9.59 Å². The van der Waals surface area contributed by atoms with Gasteiger partial charge in [0.05, 0.1) is 26.0 Å². The van der Waals surface area contributed by atoms with Crippen LogP contribution in [-0.2, 0) is 21.4 Å². The Hall–Kier alpha value is -4.15. The molecule has 3 rings (SSSR count). The Kier molecular flexibility index (Phi) is 8.46. The SMILES string of the molecule is CCOC(=O)C1C(C)=NC(=O)NC1c1ccc(OCC(=O)N/N=C/c2cc(C)n(C)c2C)c(OC)c1. The number of benzene rings is 1. The number of nitrogens with one attached hydrogen (secondary N) is 2. The van der Waals surface area contributed by atoms with Crippen LogP contribution in [0.4, 0.5) is 4.79 Å². The summed E-state index contributed by atoms with van der Waals surface area (Å²) in [5.74, 6) is -1.07. The zero-order valence-corrected chi connectivity index (χ0v) is 21.2. The van der Waals surface area contributed by atoms with Crippen molar-refractivity contribution in [1.29, 1.82) is 0 Å². The van der Waals surface area contributed by atoms with E-state index in [1.807, 2.05) is 31.5 Å². The number of aryl methyl sites for hydroxylation is 1. The standard InChI is InChI=1S/C25H31N5O6/c1-7-35-24(32)22-15(3)27-25(33)28-23(22)17-8-9-19(20(11-17)34-6)36-13-21(31)29-26-12-18-10-14(2)30(5)16(18)4/h8-12,22-23H,7,13H2,1-6H3,(H,28,33)(H,29,31)/b26-12+. The lowest BCUT2D eigenvalue weighted by Gasteiger charge is -2.30. The molecule has 2 heterocycles. The molecule has 0 fully saturated rings. The Morgan fingerprint density at radius 2 is 1.97 bits per heavy atom. The Bertz CT molecular complexity index is 1220. The van der Waals surface area contributed by atoms with E-state index in [1.54, 1.807) is 38.3 Å². The van der Waals surface area contributed by atoms with Gasteiger partial charge in [0, 0.05) is 29.7 Å². The van der Waals surface area contributed by atoms with Crippen LogP contribution < -0.4 is 20.2 Å². The maximum absolute atomic E-state index is 12.5. The molecule has 2 atom stereocenters. The van der Waals surface area contributed by atoms with E-state index in [0.717, 1.165) is 17.0 Å². The number of amides is 3.